The molecule has 0 radical (unpaired) electrons. The van der Waals surface area contributed by atoms with Gasteiger partial charge in [-0.05, 0) is 36.8 Å². The van der Waals surface area contributed by atoms with Gasteiger partial charge in [0.2, 0.25) is 0 Å². The van der Waals surface area contributed by atoms with E-state index in [0.717, 1.165) is 21.8 Å². The van der Waals surface area contributed by atoms with E-state index in [1.54, 1.807) is 23.9 Å². The van der Waals surface area contributed by atoms with Crippen LogP contribution in [0.15, 0.2) is 41.3 Å². The van der Waals surface area contributed by atoms with Gasteiger partial charge in [0.1, 0.15) is 5.69 Å². The normalized spacial score (nSPS) is 10.3. The fourth-order valence-corrected chi connectivity index (χ4v) is 2.57. The van der Waals surface area contributed by atoms with E-state index < -0.39 is 5.91 Å². The van der Waals surface area contributed by atoms with Crippen molar-refractivity contribution < 1.29 is 4.79 Å². The first kappa shape index (κ1) is 14.4. The van der Waals surface area contributed by atoms with Crippen LogP contribution in [0, 0.1) is 6.92 Å². The Morgan fingerprint density at radius 3 is 2.85 bits per heavy atom. The number of rotatable bonds is 4. The van der Waals surface area contributed by atoms with E-state index in [2.05, 4.69) is 10.4 Å². The van der Waals surface area contributed by atoms with Crippen molar-refractivity contribution in [1.82, 2.24) is 10.4 Å². The number of hydrogen-bond acceptors (Lipinski definition) is 5. The molecule has 0 spiro atoms. The van der Waals surface area contributed by atoms with Gasteiger partial charge in [0, 0.05) is 16.3 Å². The molecule has 0 aliphatic rings. The van der Waals surface area contributed by atoms with Gasteiger partial charge in [0.05, 0.1) is 5.69 Å². The third-order valence-corrected chi connectivity index (χ3v) is 3.83. The number of nitrogens with zero attached hydrogens (tertiary/aromatic N) is 1. The van der Waals surface area contributed by atoms with Crippen LogP contribution >= 0.6 is 11.8 Å². The highest BCUT2D eigenvalue weighted by Gasteiger charge is 2.07. The van der Waals surface area contributed by atoms with Crippen molar-refractivity contribution >= 4 is 23.4 Å². The van der Waals surface area contributed by atoms with Gasteiger partial charge in [0.25, 0.3) is 5.91 Å². The number of aryl methyl sites for hydroxylation is 1. The van der Waals surface area contributed by atoms with Crippen molar-refractivity contribution in [2.45, 2.75) is 17.6 Å². The molecule has 0 saturated heterocycles. The largest absolute Gasteiger partial charge is 0.398 e. The van der Waals surface area contributed by atoms with Gasteiger partial charge in [-0.1, -0.05) is 12.1 Å². The van der Waals surface area contributed by atoms with Crippen molar-refractivity contribution in [1.29, 1.82) is 0 Å². The molecule has 5 N–H and O–H groups in total. The van der Waals surface area contributed by atoms with Crippen LogP contribution in [0.2, 0.25) is 0 Å². The zero-order chi connectivity index (χ0) is 14.5. The van der Waals surface area contributed by atoms with Gasteiger partial charge < -0.3 is 5.73 Å². The van der Waals surface area contributed by atoms with Crippen LogP contribution in [0.3, 0.4) is 0 Å². The van der Waals surface area contributed by atoms with Crippen LogP contribution < -0.4 is 17.0 Å². The Kier molecular flexibility index (Phi) is 4.60. The smallest absolute Gasteiger partial charge is 0.283 e. The van der Waals surface area contributed by atoms with Crippen molar-refractivity contribution in [3.8, 4) is 0 Å². The summed E-state index contributed by atoms with van der Waals surface area (Å²) < 4.78 is 0. The molecule has 0 aliphatic carbocycles. The summed E-state index contributed by atoms with van der Waals surface area (Å²) >= 11 is 1.59. The fourth-order valence-electron chi connectivity index (χ4n) is 1.71. The van der Waals surface area contributed by atoms with Crippen LogP contribution in [0.4, 0.5) is 5.69 Å². The summed E-state index contributed by atoms with van der Waals surface area (Å²) in [5, 5.41) is 0. The van der Waals surface area contributed by atoms with Crippen LogP contribution in [-0.4, -0.2) is 10.9 Å². The summed E-state index contributed by atoms with van der Waals surface area (Å²) in [6.07, 6.45) is 0. The quantitative estimate of drug-likeness (QED) is 0.262. The number of hydrazine groups is 1. The van der Waals surface area contributed by atoms with Gasteiger partial charge >= 0.3 is 0 Å². The molecule has 1 aromatic carbocycles. The van der Waals surface area contributed by atoms with Crippen molar-refractivity contribution in [2.24, 2.45) is 5.84 Å². The number of carbonyl (C=O) groups is 1. The molecule has 20 heavy (non-hydrogen) atoms. The first-order valence-electron chi connectivity index (χ1n) is 6.06. The molecule has 0 fully saturated rings. The van der Waals surface area contributed by atoms with Crippen LogP contribution in [0.5, 0.6) is 0 Å². The Balaban J connectivity index is 2.09. The second-order valence-corrected chi connectivity index (χ2v) is 5.33. The monoisotopic (exact) mass is 288 g/mol. The first-order chi connectivity index (χ1) is 9.60. The van der Waals surface area contributed by atoms with E-state index >= 15 is 0 Å². The number of thioether (sulfide) groups is 1. The Hall–Kier alpha value is -2.05. The molecule has 0 unspecified atom stereocenters. The number of amides is 1. The predicted octanol–water partition coefficient (Wildman–Crippen LogP) is 1.87. The second kappa shape index (κ2) is 6.40. The Morgan fingerprint density at radius 2 is 2.15 bits per heavy atom. The molecule has 1 aromatic heterocycles. The number of hydrogen-bond donors (Lipinski definition) is 3. The predicted molar refractivity (Wildman–Crippen MR) is 81.0 cm³/mol. The molecule has 0 bridgehead atoms. The topological polar surface area (TPSA) is 94.0 Å². The highest BCUT2D eigenvalue weighted by molar-refractivity contribution is 7.98. The third-order valence-electron chi connectivity index (χ3n) is 2.71. The lowest BCUT2D eigenvalue weighted by Gasteiger charge is -2.07. The van der Waals surface area contributed by atoms with Crippen LogP contribution in [0.25, 0.3) is 0 Å². The number of benzene rings is 1. The molecule has 2 rings (SSSR count). The van der Waals surface area contributed by atoms with Crippen LogP contribution in [0.1, 0.15) is 21.7 Å². The molecular formula is C14H16N4OS. The minimum absolute atomic E-state index is 0.308. The van der Waals surface area contributed by atoms with Crippen molar-refractivity contribution in [2.75, 3.05) is 5.73 Å². The Morgan fingerprint density at radius 1 is 1.35 bits per heavy atom. The first-order valence-corrected chi connectivity index (χ1v) is 7.04. The van der Waals surface area contributed by atoms with E-state index in [-0.39, 0.29) is 0 Å². The number of nitrogen functional groups attached to an aromatic ring is 2. The molecular weight excluding hydrogens is 272 g/mol. The van der Waals surface area contributed by atoms with E-state index in [1.165, 1.54) is 0 Å². The number of carbonyl (C=O) groups excluding carboxylic acids is 1. The zero-order valence-corrected chi connectivity index (χ0v) is 11.9. The molecule has 1 heterocycles. The van der Waals surface area contributed by atoms with E-state index in [9.17, 15) is 4.79 Å². The number of aromatic nitrogens is 1. The maximum Gasteiger partial charge on any atom is 0.283 e. The van der Waals surface area contributed by atoms with Crippen LogP contribution in [-0.2, 0) is 5.75 Å². The van der Waals surface area contributed by atoms with Crippen molar-refractivity contribution in [3.63, 3.8) is 0 Å². The summed E-state index contributed by atoms with van der Waals surface area (Å²) in [6.45, 7) is 2.00. The van der Waals surface area contributed by atoms with E-state index in [1.807, 2.05) is 31.2 Å². The maximum absolute atomic E-state index is 11.4. The zero-order valence-electron chi connectivity index (χ0n) is 11.1. The van der Waals surface area contributed by atoms with Gasteiger partial charge in [-0.2, -0.15) is 0 Å². The van der Waals surface area contributed by atoms with Crippen molar-refractivity contribution in [3.05, 3.63) is 53.3 Å². The summed E-state index contributed by atoms with van der Waals surface area (Å²) in [6, 6.07) is 11.2. The summed E-state index contributed by atoms with van der Waals surface area (Å²) in [7, 11) is 0. The highest BCUT2D eigenvalue weighted by atomic mass is 32.2. The molecule has 0 aliphatic heterocycles. The summed E-state index contributed by atoms with van der Waals surface area (Å²) in [4.78, 5) is 16.7. The van der Waals surface area contributed by atoms with E-state index in [0.29, 0.717) is 11.4 Å². The minimum Gasteiger partial charge on any atom is -0.398 e. The molecule has 104 valence electrons. The Bertz CT molecular complexity index is 630. The number of anilines is 1. The number of pyridine rings is 1. The van der Waals surface area contributed by atoms with Gasteiger partial charge in [-0.15, -0.1) is 11.8 Å². The second-order valence-electron chi connectivity index (χ2n) is 4.32. The highest BCUT2D eigenvalue weighted by Crippen LogP contribution is 2.28. The lowest BCUT2D eigenvalue weighted by Crippen LogP contribution is -2.30. The third kappa shape index (κ3) is 3.49. The minimum atomic E-state index is -0.397. The lowest BCUT2D eigenvalue weighted by atomic mass is 10.2. The Labute approximate surface area is 121 Å². The van der Waals surface area contributed by atoms with Gasteiger partial charge in [0.15, 0.2) is 0 Å². The standard InChI is InChI=1S/C14H16N4OS/c1-9-5-6-13(11(15)7-9)20-8-10-3-2-4-12(17-10)14(19)18-16/h2-7H,8,15-16H2,1H3,(H,18,19). The van der Waals surface area contributed by atoms with E-state index in [4.69, 9.17) is 11.6 Å². The molecule has 2 aromatic rings. The average molecular weight is 288 g/mol. The molecule has 0 atom stereocenters. The molecule has 0 saturated carbocycles. The summed E-state index contributed by atoms with van der Waals surface area (Å²) in [5.74, 6) is 5.33. The average Bonchev–Trinajstić information content (AvgIpc) is 2.46. The molecule has 6 heteroatoms. The fraction of sp³-hybridized carbons (Fsp3) is 0.143. The van der Waals surface area contributed by atoms with Gasteiger partial charge in [-0.3, -0.25) is 10.2 Å². The number of nitrogens with two attached hydrogens (primary N) is 2. The summed E-state index contributed by atoms with van der Waals surface area (Å²) in [5.41, 5.74) is 11.0. The molecule has 5 nitrogen and oxygen atoms in total. The molecule has 1 amide bonds. The number of nitrogens with one attached hydrogen (secondary N) is 1. The van der Waals surface area contributed by atoms with Gasteiger partial charge in [-0.25, -0.2) is 10.8 Å². The lowest BCUT2D eigenvalue weighted by molar-refractivity contribution is 0.0948. The maximum atomic E-state index is 11.4. The SMILES string of the molecule is Cc1ccc(SCc2cccc(C(=O)NN)n2)c(N)c1.